The topological polar surface area (TPSA) is 86.1 Å². The lowest BCUT2D eigenvalue weighted by Crippen LogP contribution is -2.28. The van der Waals surface area contributed by atoms with Gasteiger partial charge in [0.25, 0.3) is 0 Å². The molecule has 3 aromatic rings. The number of nitrogens with one attached hydrogen (secondary N) is 1. The summed E-state index contributed by atoms with van der Waals surface area (Å²) in [4.78, 5) is 31.0. The molecule has 2 amide bonds. The number of carbonyl (C=O) groups is 2. The first-order valence-corrected chi connectivity index (χ1v) is 8.61. The lowest BCUT2D eigenvalue weighted by molar-refractivity contribution is -0.122. The molecule has 2 aromatic carbocycles. The van der Waals surface area contributed by atoms with Crippen molar-refractivity contribution < 1.29 is 9.59 Å². The predicted octanol–water partition coefficient (Wildman–Crippen LogP) is 3.10. The second kappa shape index (κ2) is 6.89. The van der Waals surface area contributed by atoms with Gasteiger partial charge in [-0.25, -0.2) is 0 Å². The second-order valence-corrected chi connectivity index (χ2v) is 6.44. The Morgan fingerprint density at radius 1 is 1.19 bits per heavy atom. The number of nitrogens with zero attached hydrogens (tertiary/aromatic N) is 3. The van der Waals surface area contributed by atoms with Gasteiger partial charge in [0.1, 0.15) is 0 Å². The van der Waals surface area contributed by atoms with Crippen LogP contribution in [0.2, 0.25) is 0 Å². The highest BCUT2D eigenvalue weighted by atomic mass is 16.2. The van der Waals surface area contributed by atoms with Crippen molar-refractivity contribution in [2.45, 2.75) is 6.42 Å². The van der Waals surface area contributed by atoms with Crippen LogP contribution in [-0.2, 0) is 9.59 Å². The molecule has 4 rings (SSSR count). The Labute approximate surface area is 156 Å². The summed E-state index contributed by atoms with van der Waals surface area (Å²) in [6.45, 7) is 0.289. The normalized spacial score (nSPS) is 16.3. The van der Waals surface area contributed by atoms with E-state index in [2.05, 4.69) is 16.4 Å². The fraction of sp³-hybridized carbons (Fsp3) is 0.143. The van der Waals surface area contributed by atoms with E-state index in [-0.39, 0.29) is 24.8 Å². The molecule has 27 heavy (non-hydrogen) atoms. The van der Waals surface area contributed by atoms with E-state index < -0.39 is 5.92 Å². The third kappa shape index (κ3) is 3.23. The Morgan fingerprint density at radius 2 is 2.00 bits per heavy atom. The molecule has 6 nitrogen and oxygen atoms in total. The molecule has 6 heteroatoms. The molecule has 1 aliphatic heterocycles. The van der Waals surface area contributed by atoms with Crippen molar-refractivity contribution in [3.63, 3.8) is 0 Å². The SMILES string of the molecule is N#Cc1cccc(N2CC(C(=O)Nc3cccc4cccnc34)CC2=O)c1. The molecule has 1 saturated heterocycles. The second-order valence-electron chi connectivity index (χ2n) is 6.44. The van der Waals surface area contributed by atoms with E-state index in [0.717, 1.165) is 10.9 Å². The molecule has 1 aliphatic rings. The summed E-state index contributed by atoms with van der Waals surface area (Å²) in [5, 5.41) is 12.9. The van der Waals surface area contributed by atoms with Gasteiger partial charge >= 0.3 is 0 Å². The molecule has 2 heterocycles. The Bertz CT molecular complexity index is 1080. The summed E-state index contributed by atoms with van der Waals surface area (Å²) in [6.07, 6.45) is 1.82. The molecule has 132 valence electrons. The van der Waals surface area contributed by atoms with E-state index in [1.54, 1.807) is 41.4 Å². The molecule has 0 spiro atoms. The fourth-order valence-electron chi connectivity index (χ4n) is 3.32. The van der Waals surface area contributed by atoms with Gasteiger partial charge < -0.3 is 10.2 Å². The van der Waals surface area contributed by atoms with Gasteiger partial charge in [-0.1, -0.05) is 24.3 Å². The smallest absolute Gasteiger partial charge is 0.229 e. The number of nitriles is 1. The molecule has 1 aromatic heterocycles. The number of rotatable bonds is 3. The molecule has 0 radical (unpaired) electrons. The van der Waals surface area contributed by atoms with Gasteiger partial charge in [-0.2, -0.15) is 5.26 Å². The maximum atomic E-state index is 12.7. The average molecular weight is 356 g/mol. The fourth-order valence-corrected chi connectivity index (χ4v) is 3.32. The van der Waals surface area contributed by atoms with Crippen LogP contribution in [0.4, 0.5) is 11.4 Å². The minimum Gasteiger partial charge on any atom is -0.324 e. The first-order chi connectivity index (χ1) is 13.2. The van der Waals surface area contributed by atoms with Gasteiger partial charge in [0.2, 0.25) is 11.8 Å². The number of amides is 2. The number of anilines is 2. The van der Waals surface area contributed by atoms with Crippen LogP contribution in [0.25, 0.3) is 10.9 Å². The lowest BCUT2D eigenvalue weighted by Gasteiger charge is -2.17. The summed E-state index contributed by atoms with van der Waals surface area (Å²) >= 11 is 0. The predicted molar refractivity (Wildman–Crippen MR) is 102 cm³/mol. The van der Waals surface area contributed by atoms with Crippen LogP contribution in [0, 0.1) is 17.2 Å². The van der Waals surface area contributed by atoms with Crippen LogP contribution in [0.15, 0.2) is 60.8 Å². The average Bonchev–Trinajstić information content (AvgIpc) is 3.10. The summed E-state index contributed by atoms with van der Waals surface area (Å²) in [5.41, 5.74) is 2.47. The maximum absolute atomic E-state index is 12.7. The van der Waals surface area contributed by atoms with Crippen LogP contribution < -0.4 is 10.2 Å². The van der Waals surface area contributed by atoms with Crippen LogP contribution in [-0.4, -0.2) is 23.3 Å². The zero-order valence-corrected chi connectivity index (χ0v) is 14.4. The number of para-hydroxylation sites is 1. The molecule has 1 unspecified atom stereocenters. The zero-order valence-electron chi connectivity index (χ0n) is 14.4. The Morgan fingerprint density at radius 3 is 2.85 bits per heavy atom. The summed E-state index contributed by atoms with van der Waals surface area (Å²) in [7, 11) is 0. The molecule has 0 saturated carbocycles. The van der Waals surface area contributed by atoms with Gasteiger partial charge in [-0.15, -0.1) is 0 Å². The standard InChI is InChI=1S/C21H16N4O2/c22-12-14-4-1-7-17(10-14)25-13-16(11-19(25)26)21(27)24-18-8-2-5-15-6-3-9-23-20(15)18/h1-10,16H,11,13H2,(H,24,27). The van der Waals surface area contributed by atoms with Gasteiger partial charge in [0.05, 0.1) is 28.8 Å². The summed E-state index contributed by atoms with van der Waals surface area (Å²) in [5.74, 6) is -0.788. The third-order valence-corrected chi connectivity index (χ3v) is 4.67. The van der Waals surface area contributed by atoms with E-state index in [9.17, 15) is 9.59 Å². The number of hydrogen-bond acceptors (Lipinski definition) is 4. The van der Waals surface area contributed by atoms with Crippen molar-refractivity contribution in [3.05, 3.63) is 66.4 Å². The number of aromatic nitrogens is 1. The largest absolute Gasteiger partial charge is 0.324 e. The molecule has 1 fully saturated rings. The van der Waals surface area contributed by atoms with Gasteiger partial charge in [-0.3, -0.25) is 14.6 Å². The van der Waals surface area contributed by atoms with Crippen molar-refractivity contribution in [2.24, 2.45) is 5.92 Å². The van der Waals surface area contributed by atoms with E-state index in [0.29, 0.717) is 16.9 Å². The van der Waals surface area contributed by atoms with Crippen molar-refractivity contribution in [1.82, 2.24) is 4.98 Å². The molecule has 1 N–H and O–H groups in total. The van der Waals surface area contributed by atoms with E-state index in [4.69, 9.17) is 5.26 Å². The van der Waals surface area contributed by atoms with Crippen molar-refractivity contribution in [1.29, 1.82) is 5.26 Å². The third-order valence-electron chi connectivity index (χ3n) is 4.67. The molecular formula is C21H16N4O2. The zero-order chi connectivity index (χ0) is 18.8. The van der Waals surface area contributed by atoms with Crippen molar-refractivity contribution in [3.8, 4) is 6.07 Å². The van der Waals surface area contributed by atoms with E-state index in [1.807, 2.05) is 24.3 Å². The van der Waals surface area contributed by atoms with Crippen LogP contribution in [0.3, 0.4) is 0 Å². The molecule has 0 aliphatic carbocycles. The monoisotopic (exact) mass is 356 g/mol. The van der Waals surface area contributed by atoms with Crippen LogP contribution in [0.1, 0.15) is 12.0 Å². The molecule has 1 atom stereocenters. The first-order valence-electron chi connectivity index (χ1n) is 8.61. The van der Waals surface area contributed by atoms with Crippen LogP contribution in [0.5, 0.6) is 0 Å². The highest BCUT2D eigenvalue weighted by Crippen LogP contribution is 2.28. The quantitative estimate of drug-likeness (QED) is 0.781. The summed E-state index contributed by atoms with van der Waals surface area (Å²) in [6, 6.07) is 18.3. The number of benzene rings is 2. The molecule has 0 bridgehead atoms. The highest BCUT2D eigenvalue weighted by molar-refractivity contribution is 6.06. The lowest BCUT2D eigenvalue weighted by atomic mass is 10.1. The minimum absolute atomic E-state index is 0.124. The number of pyridine rings is 1. The molecular weight excluding hydrogens is 340 g/mol. The number of fused-ring (bicyclic) bond motifs is 1. The maximum Gasteiger partial charge on any atom is 0.229 e. The van der Waals surface area contributed by atoms with E-state index in [1.165, 1.54) is 0 Å². The van der Waals surface area contributed by atoms with Gasteiger partial charge in [0, 0.05) is 30.2 Å². The van der Waals surface area contributed by atoms with Crippen molar-refractivity contribution >= 4 is 34.1 Å². The van der Waals surface area contributed by atoms with Gasteiger partial charge in [0.15, 0.2) is 0 Å². The first kappa shape index (κ1) is 16.7. The Balaban J connectivity index is 1.53. The Kier molecular flexibility index (Phi) is 4.27. The Hall–Kier alpha value is -3.72. The highest BCUT2D eigenvalue weighted by Gasteiger charge is 2.35. The number of carbonyl (C=O) groups excluding carboxylic acids is 2. The summed E-state index contributed by atoms with van der Waals surface area (Å²) < 4.78 is 0. The minimum atomic E-state index is -0.456. The van der Waals surface area contributed by atoms with E-state index >= 15 is 0 Å². The van der Waals surface area contributed by atoms with Gasteiger partial charge in [-0.05, 0) is 30.3 Å². The van der Waals surface area contributed by atoms with Crippen LogP contribution >= 0.6 is 0 Å². The van der Waals surface area contributed by atoms with Crippen molar-refractivity contribution in [2.75, 3.05) is 16.8 Å². The number of hydrogen-bond donors (Lipinski definition) is 1.